The summed E-state index contributed by atoms with van der Waals surface area (Å²) < 4.78 is 57.2. The number of aliphatic hydroxyl groups is 4. The van der Waals surface area contributed by atoms with Crippen LogP contribution in [0.4, 0.5) is 0 Å². The van der Waals surface area contributed by atoms with Crippen LogP contribution in [0.5, 0.6) is 0 Å². The predicted molar refractivity (Wildman–Crippen MR) is 254 cm³/mol. The molecule has 1 aromatic rings. The number of aromatic nitrogens is 2. The quantitative estimate of drug-likeness (QED) is 0.0251. The first-order valence-electron chi connectivity index (χ1n) is 23.4. The number of primary amides is 1. The number of hydrogen-bond donors (Lipinski definition) is 16. The number of amides is 7. The van der Waals surface area contributed by atoms with E-state index in [1.807, 2.05) is 4.98 Å². The average molecular weight is 1150 g/mol. The molecule has 2 aliphatic rings. The van der Waals surface area contributed by atoms with Gasteiger partial charge < -0.3 is 92.9 Å². The van der Waals surface area contributed by atoms with Crippen LogP contribution >= 0.6 is 15.6 Å². The average Bonchev–Trinajstić information content (AvgIpc) is 3.61. The van der Waals surface area contributed by atoms with Crippen LogP contribution in [0, 0.1) is 0 Å². The van der Waals surface area contributed by atoms with E-state index in [9.17, 15) is 87.3 Å². The number of aliphatic hydroxyl groups excluding tert-OH is 4. The van der Waals surface area contributed by atoms with Crippen LogP contribution < -0.4 is 54.6 Å². The minimum absolute atomic E-state index is 0.0369. The molecule has 3 rings (SSSR count). The van der Waals surface area contributed by atoms with Crippen LogP contribution in [0.25, 0.3) is 0 Å². The van der Waals surface area contributed by atoms with Crippen molar-refractivity contribution in [3.05, 3.63) is 33.1 Å². The van der Waals surface area contributed by atoms with Crippen LogP contribution in [-0.4, -0.2) is 197 Å². The Labute approximate surface area is 436 Å². The first-order chi connectivity index (χ1) is 35.8. The number of nitrogens with two attached hydrogens (primary N) is 2. The number of aliphatic carboxylic acids is 1. The molecule has 436 valence electrons. The lowest BCUT2D eigenvalue weighted by atomic mass is 9.96. The fraction of sp³-hybridized carbons (Fsp3) is 0.700. The van der Waals surface area contributed by atoms with Gasteiger partial charge in [0, 0.05) is 25.6 Å². The number of carboxylic acid groups (broad SMARTS) is 1. The number of unbranched alkanes of at least 4 members (excludes halogenated alkanes) is 1. The molecule has 2 fully saturated rings. The molecule has 18 N–H and O–H groups in total. The number of aromatic amines is 1. The first kappa shape index (κ1) is 65.7. The second-order valence-electron chi connectivity index (χ2n) is 17.6. The molecule has 35 nitrogen and oxygen atoms in total. The largest absolute Gasteiger partial charge is 0.483 e. The van der Waals surface area contributed by atoms with Gasteiger partial charge in [0.1, 0.15) is 79.0 Å². The number of nitrogens with one attached hydrogen (secondary N) is 7. The summed E-state index contributed by atoms with van der Waals surface area (Å²) in [6.45, 7) is 3.52. The van der Waals surface area contributed by atoms with E-state index in [1.165, 1.54) is 13.8 Å². The van der Waals surface area contributed by atoms with Crippen molar-refractivity contribution in [3.63, 3.8) is 0 Å². The maximum Gasteiger partial charge on any atom is 0.483 e. The molecule has 3 unspecified atom stereocenters. The smallest absolute Gasteiger partial charge is 0.480 e. The highest BCUT2D eigenvalue weighted by Crippen LogP contribution is 2.61. The van der Waals surface area contributed by atoms with Gasteiger partial charge in [-0.25, -0.2) is 13.9 Å². The van der Waals surface area contributed by atoms with Gasteiger partial charge in [0.25, 0.3) is 5.56 Å². The first-order valence-corrected chi connectivity index (χ1v) is 26.4. The highest BCUT2D eigenvalue weighted by molar-refractivity contribution is 7.61. The second kappa shape index (κ2) is 29.4. The molecule has 1 aromatic heterocycles. The summed E-state index contributed by atoms with van der Waals surface area (Å²) >= 11 is 0. The second-order valence-corrected chi connectivity index (χ2v) is 20.6. The van der Waals surface area contributed by atoms with E-state index in [4.69, 9.17) is 35.3 Å². The Morgan fingerprint density at radius 1 is 0.779 bits per heavy atom. The molecule has 0 spiro atoms. The highest BCUT2D eigenvalue weighted by atomic mass is 31.3. The molecule has 37 heteroatoms. The van der Waals surface area contributed by atoms with Crippen molar-refractivity contribution in [3.8, 4) is 0 Å². The lowest BCUT2D eigenvalue weighted by Crippen LogP contribution is -2.66. The minimum atomic E-state index is -5.95. The number of rotatable bonds is 30. The molecule has 0 aromatic carbocycles. The molecule has 77 heavy (non-hydrogen) atoms. The Hall–Kier alpha value is -5.62. The van der Waals surface area contributed by atoms with E-state index in [1.54, 1.807) is 0 Å². The van der Waals surface area contributed by atoms with Crippen LogP contribution in [0.3, 0.4) is 0 Å². The Morgan fingerprint density at radius 3 is 1.92 bits per heavy atom. The number of phosphoric ester groups is 2. The third kappa shape index (κ3) is 20.0. The Bertz CT molecular complexity index is 2490. The maximum atomic E-state index is 13.7. The Kier molecular flexibility index (Phi) is 25.1. The lowest BCUT2D eigenvalue weighted by Gasteiger charge is -2.44. The van der Waals surface area contributed by atoms with Gasteiger partial charge in [-0.05, 0) is 59.9 Å². The summed E-state index contributed by atoms with van der Waals surface area (Å²) in [7, 11) is -11.7. The van der Waals surface area contributed by atoms with Gasteiger partial charge >= 0.3 is 27.3 Å². The molecule has 2 saturated heterocycles. The third-order valence-electron chi connectivity index (χ3n) is 11.4. The van der Waals surface area contributed by atoms with Crippen LogP contribution in [-0.2, 0) is 75.1 Å². The van der Waals surface area contributed by atoms with Crippen LogP contribution in [0.1, 0.15) is 73.0 Å². The standard InChI is InChI=1S/C40H66N10O25P2/c1-16(32(58)45-18(3)38(63)64)44-35(61)21(8-6-7-12-41)48-36(62)22(9-10-25(42)53)47-33(59)17(2)43-34(60)19(4)71-31-27(46-20(5)52)39(73-23(14-51)29(31)56)74-77(68,69)75-76(66,67)70-15-24-28(55)30(57)37(72-24)50-13-11-26(54)49-40(50)65/h11,13,16-19,21-24,27-31,37,39,51,55-57H,6-10,12,14-15,41H2,1-5H3,(H2,42,53)(H,43,60)(H,44,61)(H,45,58)(H,46,52)(H,47,59)(H,48,62)(H,63,64)(H,66,67)(H,68,69)(H,49,54,65)/t16-,17+,18-,19-,21+,22-,23-,24-,27-,28-,29-,30-,31-,37-,39?/m1/s1. The third-order valence-corrected chi connectivity index (χ3v) is 14.0. The van der Waals surface area contributed by atoms with Crippen molar-refractivity contribution in [1.82, 2.24) is 41.5 Å². The van der Waals surface area contributed by atoms with Crippen molar-refractivity contribution in [2.45, 2.75) is 158 Å². The van der Waals surface area contributed by atoms with Gasteiger partial charge in [-0.1, -0.05) is 0 Å². The van der Waals surface area contributed by atoms with Gasteiger partial charge in [-0.3, -0.25) is 61.7 Å². The molecule has 0 bridgehead atoms. The summed E-state index contributed by atoms with van der Waals surface area (Å²) in [6, 6.07) is -8.14. The number of carbonyl (C=O) groups excluding carboxylic acids is 7. The van der Waals surface area contributed by atoms with E-state index >= 15 is 0 Å². The van der Waals surface area contributed by atoms with Gasteiger partial charge in [-0.2, -0.15) is 4.31 Å². The molecule has 7 amide bonds. The number of carbonyl (C=O) groups is 8. The van der Waals surface area contributed by atoms with Crippen LogP contribution in [0.2, 0.25) is 0 Å². The van der Waals surface area contributed by atoms with E-state index in [2.05, 4.69) is 40.7 Å². The molecule has 0 saturated carbocycles. The zero-order valence-corrected chi connectivity index (χ0v) is 43.7. The summed E-state index contributed by atoms with van der Waals surface area (Å²) in [4.78, 5) is 148. The molecule has 3 heterocycles. The zero-order chi connectivity index (χ0) is 58.3. The van der Waals surface area contributed by atoms with Gasteiger partial charge in [-0.15, -0.1) is 0 Å². The van der Waals surface area contributed by atoms with E-state index < -0.39 is 192 Å². The summed E-state index contributed by atoms with van der Waals surface area (Å²) in [6.07, 6.45) is -16.4. The monoisotopic (exact) mass is 1150 g/mol. The van der Waals surface area contributed by atoms with Gasteiger partial charge in [0.05, 0.1) is 13.2 Å². The van der Waals surface area contributed by atoms with Crippen molar-refractivity contribution in [2.24, 2.45) is 11.5 Å². The SMILES string of the molecule is CC(=O)N[C@H]1C(OP(=O)(O)OP(=O)(O)OC[C@H]2O[C@@H](n3ccc(=O)[nH]c3=O)[C@H](O)[C@@H]2O)O[C@H](CO)[C@@H](O)[C@@H]1O[C@H](C)C(=O)N[C@@H](C)C(=O)N[C@H](CCC(N)=O)C(=O)N[C@@H](CCCCN)C(=O)N[C@H](C)C(=O)N[C@H](C)C(=O)O. The van der Waals surface area contributed by atoms with Gasteiger partial charge in [0.15, 0.2) is 12.5 Å². The lowest BCUT2D eigenvalue weighted by molar-refractivity contribution is -0.261. The van der Waals surface area contributed by atoms with Crippen molar-refractivity contribution >= 4 is 63.0 Å². The zero-order valence-electron chi connectivity index (χ0n) is 41.9. The molecule has 2 aliphatic heterocycles. The number of phosphoric acid groups is 2. The van der Waals surface area contributed by atoms with Crippen molar-refractivity contribution < 1.29 is 110 Å². The van der Waals surface area contributed by atoms with Crippen molar-refractivity contribution in [1.29, 1.82) is 0 Å². The topological polar surface area (TPSA) is 547 Å². The van der Waals surface area contributed by atoms with E-state index in [-0.39, 0.29) is 19.4 Å². The Balaban J connectivity index is 1.73. The fourth-order valence-corrected chi connectivity index (χ4v) is 9.43. The molecular weight excluding hydrogens is 1080 g/mol. The highest BCUT2D eigenvalue weighted by Gasteiger charge is 2.52. The predicted octanol–water partition coefficient (Wildman–Crippen LogP) is -7.27. The number of H-pyrrole nitrogens is 1. The van der Waals surface area contributed by atoms with Crippen molar-refractivity contribution in [2.75, 3.05) is 19.8 Å². The number of carboxylic acids is 1. The molecule has 0 aliphatic carbocycles. The molecular formula is C40H66N10O25P2. The van der Waals surface area contributed by atoms with E-state index in [0.29, 0.717) is 11.0 Å². The fourth-order valence-electron chi connectivity index (χ4n) is 7.26. The minimum Gasteiger partial charge on any atom is -0.480 e. The van der Waals surface area contributed by atoms with E-state index in [0.717, 1.165) is 33.0 Å². The summed E-state index contributed by atoms with van der Waals surface area (Å²) in [5.74, 6) is -8.15. The molecule has 0 radical (unpaired) electrons. The van der Waals surface area contributed by atoms with Crippen LogP contribution in [0.15, 0.2) is 21.9 Å². The number of hydrogen-bond acceptors (Lipinski definition) is 23. The molecule has 17 atom stereocenters. The summed E-state index contributed by atoms with van der Waals surface area (Å²) in [5, 5.41) is 65.0. The number of ether oxygens (including phenoxy) is 3. The summed E-state index contributed by atoms with van der Waals surface area (Å²) in [5.41, 5.74) is 9.00. The van der Waals surface area contributed by atoms with Gasteiger partial charge in [0.2, 0.25) is 41.4 Å². The normalized spacial score (nSPS) is 26.2. The maximum absolute atomic E-state index is 13.7. The Morgan fingerprint density at radius 2 is 1.35 bits per heavy atom. The number of nitrogens with zero attached hydrogens (tertiary/aromatic N) is 1.